The number of nitriles is 1. The van der Waals surface area contributed by atoms with Gasteiger partial charge in [-0.1, -0.05) is 42.3 Å². The second-order valence-electron chi connectivity index (χ2n) is 10.5. The predicted octanol–water partition coefficient (Wildman–Crippen LogP) is 5.13. The molecule has 5 rings (SSSR count). The second kappa shape index (κ2) is 13.1. The Hall–Kier alpha value is -5.38. The molecule has 0 radical (unpaired) electrons. The van der Waals surface area contributed by atoms with Gasteiger partial charge in [-0.25, -0.2) is 9.37 Å². The van der Waals surface area contributed by atoms with Gasteiger partial charge in [0.05, 0.1) is 36.0 Å². The van der Waals surface area contributed by atoms with Crippen LogP contribution < -0.4 is 10.6 Å². The van der Waals surface area contributed by atoms with Crippen molar-refractivity contribution in [2.75, 3.05) is 26.0 Å². The largest absolute Gasteiger partial charge is 0.365 e. The highest BCUT2D eigenvalue weighted by atomic mass is 19.1. The lowest BCUT2D eigenvalue weighted by molar-refractivity contribution is 0.0940. The number of halogens is 1. The Labute approximate surface area is 250 Å². The molecule has 0 spiro atoms. The molecule has 0 fully saturated rings. The first kappa shape index (κ1) is 29.1. The van der Waals surface area contributed by atoms with Crippen molar-refractivity contribution in [3.05, 3.63) is 112 Å². The van der Waals surface area contributed by atoms with E-state index in [1.165, 1.54) is 24.4 Å². The third-order valence-electron chi connectivity index (χ3n) is 6.94. The van der Waals surface area contributed by atoms with Crippen LogP contribution >= 0.6 is 0 Å². The molecule has 1 atom stereocenters. The van der Waals surface area contributed by atoms with Gasteiger partial charge in [-0.15, -0.1) is 0 Å². The zero-order chi connectivity index (χ0) is 30.3. The smallest absolute Gasteiger partial charge is 0.255 e. The summed E-state index contributed by atoms with van der Waals surface area (Å²) in [4.78, 5) is 28.7. The molecule has 0 saturated carbocycles. The number of rotatable bonds is 8. The number of hydrogen-bond donors (Lipinski definition) is 2. The van der Waals surface area contributed by atoms with Crippen molar-refractivity contribution in [1.29, 1.82) is 5.26 Å². The molecule has 0 bridgehead atoms. The first-order valence-electron chi connectivity index (χ1n) is 13.8. The summed E-state index contributed by atoms with van der Waals surface area (Å²) < 4.78 is 13.3. The monoisotopic (exact) mass is 571 g/mol. The van der Waals surface area contributed by atoms with E-state index in [4.69, 9.17) is 0 Å². The maximum atomic E-state index is 13.3. The lowest BCUT2D eigenvalue weighted by Gasteiger charge is -2.16. The number of nitrogens with one attached hydrogen (secondary N) is 2. The van der Waals surface area contributed by atoms with Crippen molar-refractivity contribution in [2.24, 2.45) is 4.99 Å². The molecule has 4 aromatic rings. The molecule has 9 heteroatoms. The molecule has 2 N–H and O–H groups in total. The van der Waals surface area contributed by atoms with Gasteiger partial charge in [0, 0.05) is 30.1 Å². The standard InChI is InChI=1S/C34H30FN7O/c1-22(25-10-12-28(35)13-11-25)41-34(43)30-15-24(17-36)19-40-33(30)39-18-23-6-8-26(9-7-23)27-16-29-31(5-4-14-42(2)3)38-21-32(29)37-20-27/h6-13,15-16,19-20,22H,14,18,21H2,1-3H3,(H,39,40)(H,41,43)/t22-/m0/s1. The van der Waals surface area contributed by atoms with Crippen LogP contribution in [0.4, 0.5) is 10.2 Å². The molecule has 8 nitrogen and oxygen atoms in total. The number of carbonyl (C=O) groups excluding carboxylic acids is 1. The summed E-state index contributed by atoms with van der Waals surface area (Å²) in [6.07, 6.45) is 3.28. The average molecular weight is 572 g/mol. The number of anilines is 1. The van der Waals surface area contributed by atoms with Crippen molar-refractivity contribution in [1.82, 2.24) is 20.2 Å². The third-order valence-corrected chi connectivity index (χ3v) is 6.94. The fraction of sp³-hybridized carbons (Fsp3) is 0.206. The number of pyridine rings is 2. The molecule has 0 unspecified atom stereocenters. The van der Waals surface area contributed by atoms with Crippen molar-refractivity contribution in [3.8, 4) is 29.0 Å². The van der Waals surface area contributed by atoms with Crippen LogP contribution in [0.15, 0.2) is 78.0 Å². The maximum Gasteiger partial charge on any atom is 0.255 e. The van der Waals surface area contributed by atoms with Gasteiger partial charge in [0.2, 0.25) is 0 Å². The molecule has 1 aliphatic heterocycles. The van der Waals surface area contributed by atoms with Gasteiger partial charge in [0.25, 0.3) is 5.91 Å². The van der Waals surface area contributed by atoms with E-state index in [1.807, 2.05) is 62.5 Å². The normalized spacial score (nSPS) is 12.4. The van der Waals surface area contributed by atoms with E-state index in [1.54, 1.807) is 12.1 Å². The highest BCUT2D eigenvalue weighted by Gasteiger charge is 2.18. The van der Waals surface area contributed by atoms with Gasteiger partial charge < -0.3 is 10.6 Å². The first-order valence-corrected chi connectivity index (χ1v) is 13.8. The van der Waals surface area contributed by atoms with E-state index in [-0.39, 0.29) is 23.0 Å². The van der Waals surface area contributed by atoms with Crippen LogP contribution in [0.2, 0.25) is 0 Å². The minimum atomic E-state index is -0.391. The minimum absolute atomic E-state index is 0.250. The minimum Gasteiger partial charge on any atom is -0.365 e. The van der Waals surface area contributed by atoms with Crippen molar-refractivity contribution in [2.45, 2.75) is 26.1 Å². The van der Waals surface area contributed by atoms with Gasteiger partial charge in [-0.2, -0.15) is 5.26 Å². The first-order chi connectivity index (χ1) is 20.8. The average Bonchev–Trinajstić information content (AvgIpc) is 3.42. The Morgan fingerprint density at radius 2 is 1.81 bits per heavy atom. The number of aromatic nitrogens is 2. The molecule has 2 aromatic heterocycles. The molecule has 3 heterocycles. The third kappa shape index (κ3) is 7.10. The number of nitrogens with zero attached hydrogens (tertiary/aromatic N) is 5. The molecule has 0 aliphatic carbocycles. The maximum absolute atomic E-state index is 13.3. The van der Waals surface area contributed by atoms with Crippen molar-refractivity contribution < 1.29 is 9.18 Å². The molecule has 1 aliphatic rings. The number of hydrogen-bond acceptors (Lipinski definition) is 7. The van der Waals surface area contributed by atoms with Gasteiger partial charge in [0.15, 0.2) is 0 Å². The van der Waals surface area contributed by atoms with Gasteiger partial charge >= 0.3 is 0 Å². The fourth-order valence-corrected chi connectivity index (χ4v) is 4.56. The van der Waals surface area contributed by atoms with E-state index in [0.29, 0.717) is 25.5 Å². The molecule has 43 heavy (non-hydrogen) atoms. The van der Waals surface area contributed by atoms with E-state index in [2.05, 4.69) is 43.5 Å². The summed E-state index contributed by atoms with van der Waals surface area (Å²) >= 11 is 0. The zero-order valence-corrected chi connectivity index (χ0v) is 24.1. The Morgan fingerprint density at radius 3 is 2.53 bits per heavy atom. The number of aliphatic imine (C=N–C) groups is 1. The number of benzene rings is 2. The van der Waals surface area contributed by atoms with Gasteiger partial charge in [0.1, 0.15) is 23.4 Å². The highest BCUT2D eigenvalue weighted by molar-refractivity contribution is 6.15. The lowest BCUT2D eigenvalue weighted by Crippen LogP contribution is -2.28. The van der Waals surface area contributed by atoms with Gasteiger partial charge in [-0.05, 0) is 67.9 Å². The summed E-state index contributed by atoms with van der Waals surface area (Å²) in [7, 11) is 3.96. The van der Waals surface area contributed by atoms with Crippen LogP contribution in [0.5, 0.6) is 0 Å². The van der Waals surface area contributed by atoms with Crippen LogP contribution in [-0.4, -0.2) is 47.1 Å². The molecular formula is C34H30FN7O. The van der Waals surface area contributed by atoms with E-state index in [9.17, 15) is 14.4 Å². The molecular weight excluding hydrogens is 541 g/mol. The fourth-order valence-electron chi connectivity index (χ4n) is 4.56. The number of amides is 1. The Bertz CT molecular complexity index is 1780. The Morgan fingerprint density at radius 1 is 1.05 bits per heavy atom. The Balaban J connectivity index is 1.28. The van der Waals surface area contributed by atoms with E-state index >= 15 is 0 Å². The van der Waals surface area contributed by atoms with E-state index < -0.39 is 5.91 Å². The van der Waals surface area contributed by atoms with Crippen LogP contribution in [0.25, 0.3) is 11.1 Å². The molecule has 0 saturated heterocycles. The molecule has 1 amide bonds. The SMILES string of the molecule is C[C@H](NC(=O)c1cc(C#N)cnc1NCc1ccc(-c2cnc3c(c2)C(C#CCN(C)C)=NC3)cc1)c1ccc(F)cc1. The van der Waals surface area contributed by atoms with E-state index in [0.717, 1.165) is 39.2 Å². The van der Waals surface area contributed by atoms with Crippen LogP contribution in [-0.2, 0) is 13.1 Å². The van der Waals surface area contributed by atoms with Crippen LogP contribution in [0.1, 0.15) is 51.3 Å². The summed E-state index contributed by atoms with van der Waals surface area (Å²) in [5.41, 5.74) is 6.92. The van der Waals surface area contributed by atoms with Crippen LogP contribution in [0, 0.1) is 29.0 Å². The lowest BCUT2D eigenvalue weighted by atomic mass is 10.0. The quantitative estimate of drug-likeness (QED) is 0.284. The number of fused-ring (bicyclic) bond motifs is 1. The zero-order valence-electron chi connectivity index (χ0n) is 24.1. The molecule has 214 valence electrons. The van der Waals surface area contributed by atoms with Gasteiger partial charge in [-0.3, -0.25) is 19.7 Å². The predicted molar refractivity (Wildman–Crippen MR) is 165 cm³/mol. The summed E-state index contributed by atoms with van der Waals surface area (Å²) in [6.45, 7) is 3.43. The summed E-state index contributed by atoms with van der Waals surface area (Å²) in [5.74, 6) is 5.94. The molecule has 2 aromatic carbocycles. The second-order valence-corrected chi connectivity index (χ2v) is 10.5. The van der Waals surface area contributed by atoms with Crippen molar-refractivity contribution >= 4 is 17.4 Å². The highest BCUT2D eigenvalue weighted by Crippen LogP contribution is 2.26. The van der Waals surface area contributed by atoms with Crippen LogP contribution in [0.3, 0.4) is 0 Å². The topological polar surface area (TPSA) is 106 Å². The summed E-state index contributed by atoms with van der Waals surface area (Å²) in [5, 5.41) is 15.5. The van der Waals surface area contributed by atoms with Crippen molar-refractivity contribution in [3.63, 3.8) is 0 Å². The summed E-state index contributed by atoms with van der Waals surface area (Å²) in [6, 6.07) is 19.3. The Kier molecular flexibility index (Phi) is 8.85. The number of carbonyl (C=O) groups is 1.